The van der Waals surface area contributed by atoms with Crippen molar-refractivity contribution in [3.8, 4) is 0 Å². The zero-order valence-corrected chi connectivity index (χ0v) is 13.6. The second-order valence-corrected chi connectivity index (χ2v) is 6.61. The van der Waals surface area contributed by atoms with Crippen LogP contribution in [0.2, 0.25) is 0 Å². The van der Waals surface area contributed by atoms with Crippen LogP contribution in [-0.4, -0.2) is 6.04 Å². The number of rotatable bonds is 6. The molecule has 1 aromatic heterocycles. The van der Waals surface area contributed by atoms with Gasteiger partial charge in [0, 0.05) is 15.4 Å². The Morgan fingerprint density at radius 2 is 1.79 bits per heavy atom. The summed E-state index contributed by atoms with van der Waals surface area (Å²) >= 11 is 5.22. The molecule has 0 spiro atoms. The van der Waals surface area contributed by atoms with E-state index in [1.807, 2.05) is 6.07 Å². The molecule has 19 heavy (non-hydrogen) atoms. The highest BCUT2D eigenvalue weighted by atomic mass is 79.9. The molecule has 0 amide bonds. The smallest absolute Gasteiger partial charge is 0.118 e. The van der Waals surface area contributed by atoms with Crippen LogP contribution >= 0.6 is 27.7 Å². The molecular weight excluding hydrogens is 322 g/mol. The SMILES string of the molecule is CC(C)NCc1ccc(CSc2ccc(Br)cc2)o1. The van der Waals surface area contributed by atoms with Crippen molar-refractivity contribution in [2.24, 2.45) is 0 Å². The quantitative estimate of drug-likeness (QED) is 0.763. The lowest BCUT2D eigenvalue weighted by Crippen LogP contribution is -2.21. The molecule has 0 aliphatic heterocycles. The summed E-state index contributed by atoms with van der Waals surface area (Å²) in [7, 11) is 0. The van der Waals surface area contributed by atoms with Crippen molar-refractivity contribution in [2.45, 2.75) is 37.1 Å². The molecule has 0 saturated carbocycles. The molecule has 1 heterocycles. The van der Waals surface area contributed by atoms with Crippen LogP contribution in [0.15, 0.2) is 50.2 Å². The van der Waals surface area contributed by atoms with Gasteiger partial charge < -0.3 is 9.73 Å². The molecule has 0 atom stereocenters. The van der Waals surface area contributed by atoms with Crippen molar-refractivity contribution in [3.63, 3.8) is 0 Å². The summed E-state index contributed by atoms with van der Waals surface area (Å²) in [5.41, 5.74) is 0. The highest BCUT2D eigenvalue weighted by Gasteiger charge is 2.04. The van der Waals surface area contributed by atoms with Gasteiger partial charge in [0.05, 0.1) is 12.3 Å². The Labute approximate surface area is 127 Å². The molecule has 0 fully saturated rings. The van der Waals surface area contributed by atoms with Crippen LogP contribution in [0.4, 0.5) is 0 Å². The number of halogens is 1. The lowest BCUT2D eigenvalue weighted by atomic mass is 10.3. The van der Waals surface area contributed by atoms with Crippen LogP contribution in [0.1, 0.15) is 25.4 Å². The fourth-order valence-electron chi connectivity index (χ4n) is 1.58. The first-order valence-corrected chi connectivity index (χ1v) is 8.10. The minimum atomic E-state index is 0.477. The van der Waals surface area contributed by atoms with E-state index in [1.165, 1.54) is 4.90 Å². The molecule has 0 saturated heterocycles. The molecule has 0 bridgehead atoms. The summed E-state index contributed by atoms with van der Waals surface area (Å²) in [5.74, 6) is 2.89. The first-order chi connectivity index (χ1) is 9.13. The first kappa shape index (κ1) is 14.7. The Morgan fingerprint density at radius 3 is 2.47 bits per heavy atom. The summed E-state index contributed by atoms with van der Waals surface area (Å²) in [5, 5.41) is 3.35. The summed E-state index contributed by atoms with van der Waals surface area (Å²) < 4.78 is 6.90. The minimum Gasteiger partial charge on any atom is -0.464 e. The lowest BCUT2D eigenvalue weighted by molar-refractivity contribution is 0.445. The maximum Gasteiger partial charge on any atom is 0.118 e. The number of hydrogen-bond acceptors (Lipinski definition) is 3. The Morgan fingerprint density at radius 1 is 1.11 bits per heavy atom. The third-order valence-electron chi connectivity index (χ3n) is 2.60. The van der Waals surface area contributed by atoms with Gasteiger partial charge in [0.15, 0.2) is 0 Å². The minimum absolute atomic E-state index is 0.477. The third-order valence-corrected chi connectivity index (χ3v) is 4.16. The van der Waals surface area contributed by atoms with Crippen molar-refractivity contribution in [1.29, 1.82) is 0 Å². The molecule has 0 unspecified atom stereocenters. The van der Waals surface area contributed by atoms with Gasteiger partial charge >= 0.3 is 0 Å². The lowest BCUT2D eigenvalue weighted by Gasteiger charge is -2.05. The summed E-state index contributed by atoms with van der Waals surface area (Å²) in [6, 6.07) is 12.9. The number of nitrogens with one attached hydrogen (secondary N) is 1. The first-order valence-electron chi connectivity index (χ1n) is 6.33. The van der Waals surface area contributed by atoms with Gasteiger partial charge in [0.25, 0.3) is 0 Å². The molecule has 2 rings (SSSR count). The average Bonchev–Trinajstić information content (AvgIpc) is 2.84. The fourth-order valence-corrected chi connectivity index (χ4v) is 2.64. The van der Waals surface area contributed by atoms with E-state index < -0.39 is 0 Å². The van der Waals surface area contributed by atoms with Gasteiger partial charge in [-0.3, -0.25) is 0 Å². The zero-order valence-electron chi connectivity index (χ0n) is 11.2. The van der Waals surface area contributed by atoms with Gasteiger partial charge in [-0.2, -0.15) is 0 Å². The maximum atomic E-state index is 5.79. The summed E-state index contributed by atoms with van der Waals surface area (Å²) in [6.07, 6.45) is 0. The Hall–Kier alpha value is -0.710. The molecule has 2 aromatic rings. The van der Waals surface area contributed by atoms with Crippen LogP contribution in [0, 0.1) is 0 Å². The van der Waals surface area contributed by atoms with E-state index in [9.17, 15) is 0 Å². The molecule has 2 nitrogen and oxygen atoms in total. The summed E-state index contributed by atoms with van der Waals surface area (Å²) in [4.78, 5) is 1.25. The highest BCUT2D eigenvalue weighted by Crippen LogP contribution is 2.25. The van der Waals surface area contributed by atoms with Crippen molar-refractivity contribution in [2.75, 3.05) is 0 Å². The van der Waals surface area contributed by atoms with Crippen molar-refractivity contribution >= 4 is 27.7 Å². The number of benzene rings is 1. The molecule has 0 radical (unpaired) electrons. The van der Waals surface area contributed by atoms with Gasteiger partial charge in [-0.1, -0.05) is 29.8 Å². The summed E-state index contributed by atoms with van der Waals surface area (Å²) in [6.45, 7) is 5.06. The fraction of sp³-hybridized carbons (Fsp3) is 0.333. The molecule has 0 aliphatic carbocycles. The second-order valence-electron chi connectivity index (χ2n) is 4.65. The van der Waals surface area contributed by atoms with Crippen LogP contribution in [-0.2, 0) is 12.3 Å². The number of furan rings is 1. The second kappa shape index (κ2) is 7.17. The largest absolute Gasteiger partial charge is 0.464 e. The van der Waals surface area contributed by atoms with Crippen molar-refractivity contribution < 1.29 is 4.42 Å². The van der Waals surface area contributed by atoms with E-state index in [0.717, 1.165) is 28.3 Å². The van der Waals surface area contributed by atoms with Crippen LogP contribution in [0.5, 0.6) is 0 Å². The molecule has 1 N–H and O–H groups in total. The van der Waals surface area contributed by atoms with Crippen LogP contribution in [0.3, 0.4) is 0 Å². The van der Waals surface area contributed by atoms with Crippen LogP contribution < -0.4 is 5.32 Å². The third kappa shape index (κ3) is 5.05. The normalized spacial score (nSPS) is 11.2. The molecular formula is C15H18BrNOS. The predicted octanol–water partition coefficient (Wildman–Crippen LogP) is 4.83. The predicted molar refractivity (Wildman–Crippen MR) is 84.4 cm³/mol. The van der Waals surface area contributed by atoms with Gasteiger partial charge in [-0.05, 0) is 36.4 Å². The van der Waals surface area contributed by atoms with Crippen molar-refractivity contribution in [1.82, 2.24) is 5.32 Å². The van der Waals surface area contributed by atoms with Gasteiger partial charge in [0.1, 0.15) is 11.5 Å². The average molecular weight is 340 g/mol. The van der Waals surface area contributed by atoms with E-state index >= 15 is 0 Å². The maximum absolute atomic E-state index is 5.79. The van der Waals surface area contributed by atoms with E-state index in [1.54, 1.807) is 11.8 Å². The Bertz CT molecular complexity index is 507. The van der Waals surface area contributed by atoms with Gasteiger partial charge in [-0.25, -0.2) is 0 Å². The molecule has 4 heteroatoms. The van der Waals surface area contributed by atoms with Crippen molar-refractivity contribution in [3.05, 3.63) is 52.4 Å². The van der Waals surface area contributed by atoms with Crippen LogP contribution in [0.25, 0.3) is 0 Å². The van der Waals surface area contributed by atoms with E-state index in [0.29, 0.717) is 6.04 Å². The monoisotopic (exact) mass is 339 g/mol. The van der Waals surface area contributed by atoms with E-state index in [2.05, 4.69) is 65.4 Å². The Kier molecular flexibility index (Phi) is 5.55. The topological polar surface area (TPSA) is 25.2 Å². The number of hydrogen-bond donors (Lipinski definition) is 1. The molecule has 1 aromatic carbocycles. The zero-order chi connectivity index (χ0) is 13.7. The van der Waals surface area contributed by atoms with E-state index in [4.69, 9.17) is 4.42 Å². The molecule has 0 aliphatic rings. The van der Waals surface area contributed by atoms with Gasteiger partial charge in [-0.15, -0.1) is 11.8 Å². The standard InChI is InChI=1S/C15H18BrNOS/c1-11(2)17-9-13-5-6-14(18-13)10-19-15-7-3-12(16)4-8-15/h3-8,11,17H,9-10H2,1-2H3. The number of thioether (sulfide) groups is 1. The molecule has 102 valence electrons. The van der Waals surface area contributed by atoms with Gasteiger partial charge in [0.2, 0.25) is 0 Å². The Balaban J connectivity index is 1.84. The highest BCUT2D eigenvalue weighted by molar-refractivity contribution is 9.10. The van der Waals surface area contributed by atoms with E-state index in [-0.39, 0.29) is 0 Å².